The van der Waals surface area contributed by atoms with Crippen molar-refractivity contribution in [2.24, 2.45) is 0 Å². The lowest BCUT2D eigenvalue weighted by molar-refractivity contribution is -0.141. The highest BCUT2D eigenvalue weighted by atomic mass is 19.4. The van der Waals surface area contributed by atoms with E-state index in [1.165, 1.54) is 6.92 Å². The van der Waals surface area contributed by atoms with Gasteiger partial charge in [-0.25, -0.2) is 9.97 Å². The van der Waals surface area contributed by atoms with Gasteiger partial charge >= 0.3 is 6.18 Å². The quantitative estimate of drug-likeness (QED) is 0.913. The van der Waals surface area contributed by atoms with Gasteiger partial charge in [-0.1, -0.05) is 5.16 Å². The summed E-state index contributed by atoms with van der Waals surface area (Å²) in [5.41, 5.74) is 0.890. The highest BCUT2D eigenvalue weighted by Gasteiger charge is 2.33. The summed E-state index contributed by atoms with van der Waals surface area (Å²) in [6.45, 7) is 1.58. The molecule has 0 aromatic carbocycles. The summed E-state index contributed by atoms with van der Waals surface area (Å²) >= 11 is 0. The van der Waals surface area contributed by atoms with E-state index in [9.17, 15) is 18.0 Å². The zero-order valence-electron chi connectivity index (χ0n) is 13.6. The van der Waals surface area contributed by atoms with Gasteiger partial charge < -0.3 is 9.84 Å². The zero-order valence-corrected chi connectivity index (χ0v) is 13.6. The molecule has 25 heavy (non-hydrogen) atoms. The van der Waals surface area contributed by atoms with Gasteiger partial charge in [-0.05, 0) is 38.7 Å². The second kappa shape index (κ2) is 6.81. The van der Waals surface area contributed by atoms with Crippen LogP contribution in [0.5, 0.6) is 0 Å². The van der Waals surface area contributed by atoms with Gasteiger partial charge in [-0.3, -0.25) is 4.79 Å². The maximum Gasteiger partial charge on any atom is 0.433 e. The number of aryl methyl sites for hydroxylation is 2. The third-order valence-electron chi connectivity index (χ3n) is 3.99. The number of carbonyl (C=O) groups is 1. The van der Waals surface area contributed by atoms with Crippen LogP contribution in [0.4, 0.5) is 13.2 Å². The number of hydrogen-bond acceptors (Lipinski definition) is 5. The number of aromatic nitrogens is 3. The first kappa shape index (κ1) is 17.4. The van der Waals surface area contributed by atoms with Crippen LogP contribution in [0.2, 0.25) is 0 Å². The van der Waals surface area contributed by atoms with Gasteiger partial charge in [0.1, 0.15) is 11.5 Å². The maximum absolute atomic E-state index is 12.8. The van der Waals surface area contributed by atoms with Crippen molar-refractivity contribution in [3.05, 3.63) is 40.3 Å². The second-order valence-corrected chi connectivity index (χ2v) is 5.96. The van der Waals surface area contributed by atoms with Crippen molar-refractivity contribution < 1.29 is 22.5 Å². The lowest BCUT2D eigenvalue weighted by Crippen LogP contribution is -2.27. The molecule has 0 unspecified atom stereocenters. The molecule has 1 N–H and O–H groups in total. The van der Waals surface area contributed by atoms with E-state index < -0.39 is 17.8 Å². The lowest BCUT2D eigenvalue weighted by Gasteiger charge is -2.10. The molecule has 1 aliphatic carbocycles. The van der Waals surface area contributed by atoms with E-state index in [-0.39, 0.29) is 30.2 Å². The van der Waals surface area contributed by atoms with E-state index in [1.807, 2.05) is 0 Å². The number of nitrogens with zero attached hydrogens (tertiary/aromatic N) is 3. The number of halogens is 3. The third kappa shape index (κ3) is 3.97. The van der Waals surface area contributed by atoms with Crippen molar-refractivity contribution in [2.45, 2.75) is 45.2 Å². The highest BCUT2D eigenvalue weighted by molar-refractivity contribution is 5.93. The van der Waals surface area contributed by atoms with Gasteiger partial charge in [0.25, 0.3) is 5.91 Å². The van der Waals surface area contributed by atoms with Crippen LogP contribution in [-0.2, 0) is 25.4 Å². The standard InChI is InChI=1S/C16H17F3N4O2/c1-9-8-12(16(17,18)19)22-13(21-9)6-7-20-15(24)14-10-4-2-3-5-11(10)23-25-14/h8H,2-7H2,1H3,(H,20,24). The Labute approximate surface area is 141 Å². The number of alkyl halides is 3. The van der Waals surface area contributed by atoms with Gasteiger partial charge in [-0.15, -0.1) is 0 Å². The normalized spacial score (nSPS) is 14.2. The van der Waals surface area contributed by atoms with Crippen molar-refractivity contribution >= 4 is 5.91 Å². The zero-order chi connectivity index (χ0) is 18.0. The van der Waals surface area contributed by atoms with E-state index in [2.05, 4.69) is 20.4 Å². The molecule has 0 fully saturated rings. The van der Waals surface area contributed by atoms with E-state index in [0.29, 0.717) is 0 Å². The third-order valence-corrected chi connectivity index (χ3v) is 3.99. The number of hydrogen-bond donors (Lipinski definition) is 1. The fourth-order valence-electron chi connectivity index (χ4n) is 2.82. The van der Waals surface area contributed by atoms with E-state index >= 15 is 0 Å². The minimum atomic E-state index is -4.52. The molecule has 9 heteroatoms. The number of rotatable bonds is 4. The molecule has 1 amide bonds. The predicted molar refractivity (Wildman–Crippen MR) is 81.0 cm³/mol. The Morgan fingerprint density at radius 3 is 2.80 bits per heavy atom. The van der Waals surface area contributed by atoms with Gasteiger partial charge in [0.05, 0.1) is 5.69 Å². The molecule has 0 bridgehead atoms. The first-order valence-corrected chi connectivity index (χ1v) is 8.02. The van der Waals surface area contributed by atoms with Crippen LogP contribution < -0.4 is 5.32 Å². The van der Waals surface area contributed by atoms with Crippen molar-refractivity contribution in [1.82, 2.24) is 20.4 Å². The number of amides is 1. The van der Waals surface area contributed by atoms with Gasteiger partial charge in [-0.2, -0.15) is 13.2 Å². The largest absolute Gasteiger partial charge is 0.433 e. The predicted octanol–water partition coefficient (Wildman–Crippen LogP) is 2.64. The molecule has 1 aliphatic rings. The van der Waals surface area contributed by atoms with E-state index in [4.69, 9.17) is 4.52 Å². The summed E-state index contributed by atoms with van der Waals surface area (Å²) in [6, 6.07) is 0.892. The van der Waals surface area contributed by atoms with Crippen LogP contribution in [0.25, 0.3) is 0 Å². The molecule has 0 atom stereocenters. The molecule has 3 rings (SSSR count). The molecule has 0 spiro atoms. The molecular weight excluding hydrogens is 337 g/mol. The Morgan fingerprint density at radius 2 is 2.04 bits per heavy atom. The lowest BCUT2D eigenvalue weighted by atomic mass is 9.96. The summed E-state index contributed by atoms with van der Waals surface area (Å²) in [4.78, 5) is 19.7. The Kier molecular flexibility index (Phi) is 4.73. The number of fused-ring (bicyclic) bond motifs is 1. The minimum absolute atomic E-state index is 0.0345. The second-order valence-electron chi connectivity index (χ2n) is 5.96. The Balaban J connectivity index is 1.62. The molecule has 2 heterocycles. The van der Waals surface area contributed by atoms with E-state index in [1.54, 1.807) is 0 Å². The Bertz CT molecular complexity index is 786. The van der Waals surface area contributed by atoms with Crippen molar-refractivity contribution in [1.29, 1.82) is 0 Å². The van der Waals surface area contributed by atoms with Crippen LogP contribution >= 0.6 is 0 Å². The molecule has 0 radical (unpaired) electrons. The summed E-state index contributed by atoms with van der Waals surface area (Å²) in [5.74, 6) is -0.192. The molecule has 134 valence electrons. The van der Waals surface area contributed by atoms with Crippen LogP contribution in [0.15, 0.2) is 10.6 Å². The first-order valence-electron chi connectivity index (χ1n) is 8.02. The first-order chi connectivity index (χ1) is 11.8. The Hall–Kier alpha value is -2.45. The average Bonchev–Trinajstić information content (AvgIpc) is 2.97. The van der Waals surface area contributed by atoms with Gasteiger partial charge in [0.2, 0.25) is 5.76 Å². The maximum atomic E-state index is 12.8. The smallest absolute Gasteiger partial charge is 0.350 e. The van der Waals surface area contributed by atoms with Crippen molar-refractivity contribution in [3.63, 3.8) is 0 Å². The summed E-state index contributed by atoms with van der Waals surface area (Å²) in [5, 5.41) is 6.54. The van der Waals surface area contributed by atoms with Crippen LogP contribution in [-0.4, -0.2) is 27.6 Å². The van der Waals surface area contributed by atoms with Crippen LogP contribution in [0, 0.1) is 6.92 Å². The molecule has 6 nitrogen and oxygen atoms in total. The summed E-state index contributed by atoms with van der Waals surface area (Å²) < 4.78 is 43.4. The minimum Gasteiger partial charge on any atom is -0.350 e. The topological polar surface area (TPSA) is 80.9 Å². The Morgan fingerprint density at radius 1 is 1.28 bits per heavy atom. The number of nitrogens with one attached hydrogen (secondary N) is 1. The molecular formula is C16H17F3N4O2. The molecule has 2 aromatic rings. The van der Waals surface area contributed by atoms with Crippen molar-refractivity contribution in [2.75, 3.05) is 6.54 Å². The van der Waals surface area contributed by atoms with Crippen LogP contribution in [0.1, 0.15) is 51.9 Å². The van der Waals surface area contributed by atoms with Gasteiger partial charge in [0.15, 0.2) is 0 Å². The molecule has 2 aromatic heterocycles. The highest BCUT2D eigenvalue weighted by Crippen LogP contribution is 2.28. The monoisotopic (exact) mass is 354 g/mol. The molecule has 0 saturated heterocycles. The summed E-state index contributed by atoms with van der Waals surface area (Å²) in [6.07, 6.45) is -0.892. The molecule has 0 saturated carbocycles. The van der Waals surface area contributed by atoms with Crippen LogP contribution in [0.3, 0.4) is 0 Å². The average molecular weight is 354 g/mol. The fraction of sp³-hybridized carbons (Fsp3) is 0.500. The van der Waals surface area contributed by atoms with Gasteiger partial charge in [0, 0.05) is 24.2 Å². The number of carbonyl (C=O) groups excluding carboxylic acids is 1. The molecule has 0 aliphatic heterocycles. The van der Waals surface area contributed by atoms with Crippen molar-refractivity contribution in [3.8, 4) is 0 Å². The fourth-order valence-corrected chi connectivity index (χ4v) is 2.82. The van der Waals surface area contributed by atoms with E-state index in [0.717, 1.165) is 43.0 Å². The SMILES string of the molecule is Cc1cc(C(F)(F)F)nc(CCNC(=O)c2onc3c2CCCC3)n1. The summed E-state index contributed by atoms with van der Waals surface area (Å²) in [7, 11) is 0.